The lowest BCUT2D eigenvalue weighted by molar-refractivity contribution is 0.0640. The maximum absolute atomic E-state index is 13.9. The zero-order chi connectivity index (χ0) is 32.3. The summed E-state index contributed by atoms with van der Waals surface area (Å²) in [7, 11) is 0. The van der Waals surface area contributed by atoms with Crippen molar-refractivity contribution >= 4 is 33.6 Å². The van der Waals surface area contributed by atoms with Crippen LogP contribution in [0.3, 0.4) is 0 Å². The number of benzene rings is 4. The van der Waals surface area contributed by atoms with Crippen molar-refractivity contribution in [3.8, 4) is 22.5 Å². The monoisotopic (exact) mass is 619 g/mol. The molecule has 3 heterocycles. The van der Waals surface area contributed by atoms with E-state index in [0.717, 1.165) is 68.5 Å². The van der Waals surface area contributed by atoms with E-state index < -0.39 is 0 Å². The summed E-state index contributed by atoms with van der Waals surface area (Å²) in [6.07, 6.45) is 0. The molecule has 7 heteroatoms. The van der Waals surface area contributed by atoms with E-state index in [4.69, 9.17) is 9.97 Å². The molecule has 0 saturated carbocycles. The molecule has 0 unspecified atom stereocenters. The van der Waals surface area contributed by atoms with Gasteiger partial charge in [-0.15, -0.1) is 0 Å². The number of carbonyl (C=O) groups excluding carboxylic acids is 2. The van der Waals surface area contributed by atoms with Crippen LogP contribution >= 0.6 is 0 Å². The van der Waals surface area contributed by atoms with Gasteiger partial charge < -0.3 is 10.2 Å². The van der Waals surface area contributed by atoms with Gasteiger partial charge >= 0.3 is 0 Å². The molecule has 2 amide bonds. The molecule has 0 bridgehead atoms. The van der Waals surface area contributed by atoms with Gasteiger partial charge in [0.25, 0.3) is 11.8 Å². The number of amides is 2. The minimum atomic E-state index is -0.110. The number of hydrogen-bond donors (Lipinski definition) is 1. The third-order valence-corrected chi connectivity index (χ3v) is 9.12. The topological polar surface area (TPSA) is 78.4 Å². The number of aryl methyl sites for hydroxylation is 2. The number of fused-ring (bicyclic) bond motifs is 2. The fourth-order valence-electron chi connectivity index (χ4n) is 6.48. The molecule has 7 nitrogen and oxygen atoms in total. The summed E-state index contributed by atoms with van der Waals surface area (Å²) >= 11 is 0. The number of pyridine rings is 2. The highest BCUT2D eigenvalue weighted by molar-refractivity contribution is 6.08. The number of carbonyl (C=O) groups is 2. The minimum Gasteiger partial charge on any atom is -0.351 e. The number of piperazine rings is 1. The Labute approximate surface area is 274 Å². The van der Waals surface area contributed by atoms with Crippen LogP contribution in [0.2, 0.25) is 0 Å². The number of hydrogen-bond acceptors (Lipinski definition) is 5. The highest BCUT2D eigenvalue weighted by atomic mass is 16.2. The van der Waals surface area contributed by atoms with Gasteiger partial charge in [0.05, 0.1) is 33.5 Å². The summed E-state index contributed by atoms with van der Waals surface area (Å²) in [6.45, 7) is 8.07. The van der Waals surface area contributed by atoms with Gasteiger partial charge in [-0.25, -0.2) is 9.97 Å². The van der Waals surface area contributed by atoms with Gasteiger partial charge in [0.15, 0.2) is 0 Å². The van der Waals surface area contributed by atoms with Crippen molar-refractivity contribution in [2.24, 2.45) is 0 Å². The summed E-state index contributed by atoms with van der Waals surface area (Å²) in [4.78, 5) is 41.4. The Hall–Kier alpha value is -5.40. The number of para-hydroxylation sites is 2. The first kappa shape index (κ1) is 30.3. The van der Waals surface area contributed by atoms with Gasteiger partial charge in [0.2, 0.25) is 0 Å². The van der Waals surface area contributed by atoms with E-state index in [9.17, 15) is 9.59 Å². The lowest BCUT2D eigenvalue weighted by atomic mass is 10.0. The summed E-state index contributed by atoms with van der Waals surface area (Å²) in [6, 6.07) is 35.7. The van der Waals surface area contributed by atoms with Crippen LogP contribution in [0.25, 0.3) is 44.3 Å². The largest absolute Gasteiger partial charge is 0.351 e. The van der Waals surface area contributed by atoms with Crippen molar-refractivity contribution < 1.29 is 9.59 Å². The lowest BCUT2D eigenvalue weighted by Crippen LogP contribution is -2.50. The first-order valence-electron chi connectivity index (χ1n) is 16.2. The Morgan fingerprint density at radius 2 is 1.13 bits per heavy atom. The Morgan fingerprint density at radius 3 is 1.70 bits per heavy atom. The van der Waals surface area contributed by atoms with E-state index in [1.54, 1.807) is 0 Å². The van der Waals surface area contributed by atoms with E-state index >= 15 is 0 Å². The summed E-state index contributed by atoms with van der Waals surface area (Å²) in [5.41, 5.74) is 8.82. The molecular weight excluding hydrogens is 582 g/mol. The van der Waals surface area contributed by atoms with Crippen molar-refractivity contribution in [3.05, 3.63) is 131 Å². The molecule has 7 rings (SSSR count). The predicted octanol–water partition coefficient (Wildman–Crippen LogP) is 6.92. The molecule has 6 aromatic rings. The Morgan fingerprint density at radius 1 is 0.638 bits per heavy atom. The van der Waals surface area contributed by atoms with Crippen molar-refractivity contribution in [2.45, 2.75) is 13.8 Å². The molecule has 0 aliphatic carbocycles. The maximum Gasteiger partial charge on any atom is 0.254 e. The molecule has 1 N–H and O–H groups in total. The van der Waals surface area contributed by atoms with Crippen LogP contribution in [0.1, 0.15) is 31.8 Å². The number of rotatable bonds is 7. The Kier molecular flexibility index (Phi) is 8.46. The maximum atomic E-state index is 13.9. The van der Waals surface area contributed by atoms with Crippen molar-refractivity contribution in [1.29, 1.82) is 0 Å². The molecule has 234 valence electrons. The zero-order valence-electron chi connectivity index (χ0n) is 26.7. The number of aromatic nitrogens is 2. The highest BCUT2D eigenvalue weighted by Gasteiger charge is 2.25. The average molecular weight is 620 g/mol. The molecule has 1 aliphatic rings. The molecule has 0 spiro atoms. The molecule has 1 saturated heterocycles. The van der Waals surface area contributed by atoms with E-state index in [0.29, 0.717) is 37.3 Å². The van der Waals surface area contributed by atoms with Gasteiger partial charge in [-0.1, -0.05) is 84.9 Å². The van der Waals surface area contributed by atoms with Crippen molar-refractivity contribution in [3.63, 3.8) is 0 Å². The van der Waals surface area contributed by atoms with E-state index in [1.165, 1.54) is 0 Å². The van der Waals surface area contributed by atoms with Gasteiger partial charge in [0.1, 0.15) is 0 Å². The number of nitrogens with zero attached hydrogens (tertiary/aromatic N) is 4. The zero-order valence-corrected chi connectivity index (χ0v) is 26.7. The van der Waals surface area contributed by atoms with Crippen LogP contribution in [0.15, 0.2) is 109 Å². The van der Waals surface area contributed by atoms with Crippen molar-refractivity contribution in [1.82, 2.24) is 25.1 Å². The van der Waals surface area contributed by atoms with Crippen LogP contribution in [-0.2, 0) is 0 Å². The molecule has 0 radical (unpaired) electrons. The SMILES string of the molecule is Cc1ccccc1-c1cc(C(=O)NCCN2CCN(C(=O)c3cc(-c4ccccc4C)nc4ccccc34)CC2)c2ccccc2n1. The second-order valence-electron chi connectivity index (χ2n) is 12.2. The first-order valence-corrected chi connectivity index (χ1v) is 16.2. The average Bonchev–Trinajstić information content (AvgIpc) is 3.11. The standard InChI is InChI=1S/C40H37N5O2/c1-27-11-3-5-13-29(27)37-25-33(31-15-7-9-17-35(31)42-37)39(46)41-19-20-44-21-23-45(24-22-44)40(47)34-26-38(30-14-6-4-12-28(30)2)43-36-18-10-8-16-32(34)36/h3-18,25-26H,19-24H2,1-2H3,(H,41,46). The molecule has 0 atom stereocenters. The fraction of sp³-hybridized carbons (Fsp3) is 0.200. The van der Waals surface area contributed by atoms with Crippen molar-refractivity contribution in [2.75, 3.05) is 39.3 Å². The quantitative estimate of drug-likeness (QED) is 0.210. The van der Waals surface area contributed by atoms with Gasteiger partial charge in [-0.2, -0.15) is 0 Å². The summed E-state index contributed by atoms with van der Waals surface area (Å²) in [5, 5.41) is 4.85. The van der Waals surface area contributed by atoms with E-state index in [-0.39, 0.29) is 11.8 Å². The molecular formula is C40H37N5O2. The number of nitrogens with one attached hydrogen (secondary N) is 1. The van der Waals surface area contributed by atoms with Crippen LogP contribution in [-0.4, -0.2) is 70.9 Å². The molecule has 1 aliphatic heterocycles. The molecule has 47 heavy (non-hydrogen) atoms. The second-order valence-corrected chi connectivity index (χ2v) is 12.2. The fourth-order valence-corrected chi connectivity index (χ4v) is 6.48. The summed E-state index contributed by atoms with van der Waals surface area (Å²) < 4.78 is 0. The third kappa shape index (κ3) is 6.22. The molecule has 2 aromatic heterocycles. The highest BCUT2D eigenvalue weighted by Crippen LogP contribution is 2.29. The van der Waals surface area contributed by atoms with Gasteiger partial charge in [0, 0.05) is 61.2 Å². The lowest BCUT2D eigenvalue weighted by Gasteiger charge is -2.35. The van der Waals surface area contributed by atoms with Crippen LogP contribution in [0.4, 0.5) is 0 Å². The van der Waals surface area contributed by atoms with Crippen LogP contribution < -0.4 is 5.32 Å². The van der Waals surface area contributed by atoms with Gasteiger partial charge in [-0.05, 0) is 49.2 Å². The molecule has 1 fully saturated rings. The Bertz CT molecular complexity index is 2110. The normalized spacial score (nSPS) is 13.6. The van der Waals surface area contributed by atoms with Crippen LogP contribution in [0, 0.1) is 13.8 Å². The minimum absolute atomic E-state index is 0.0282. The smallest absolute Gasteiger partial charge is 0.254 e. The third-order valence-electron chi connectivity index (χ3n) is 9.12. The summed E-state index contributed by atoms with van der Waals surface area (Å²) in [5.74, 6) is -0.0818. The van der Waals surface area contributed by atoms with Gasteiger partial charge in [-0.3, -0.25) is 14.5 Å². The van der Waals surface area contributed by atoms with E-state index in [1.807, 2.05) is 95.9 Å². The second kappa shape index (κ2) is 13.1. The molecule has 4 aromatic carbocycles. The predicted molar refractivity (Wildman–Crippen MR) is 189 cm³/mol. The Balaban J connectivity index is 1.01. The van der Waals surface area contributed by atoms with E-state index in [2.05, 4.69) is 42.3 Å². The first-order chi connectivity index (χ1) is 23.0. The van der Waals surface area contributed by atoms with Crippen LogP contribution in [0.5, 0.6) is 0 Å².